The van der Waals surface area contributed by atoms with E-state index in [1.807, 2.05) is 0 Å². The second kappa shape index (κ2) is 11.7. The van der Waals surface area contributed by atoms with Gasteiger partial charge in [0.05, 0.1) is 7.11 Å². The van der Waals surface area contributed by atoms with Crippen molar-refractivity contribution < 1.29 is 14.3 Å². The summed E-state index contributed by atoms with van der Waals surface area (Å²) in [4.78, 5) is 23.0. The lowest BCUT2D eigenvalue weighted by atomic mass is 9.86. The molecule has 0 aromatic rings. The molecule has 0 bridgehead atoms. The topological polar surface area (TPSA) is 43.4 Å². The van der Waals surface area contributed by atoms with Crippen LogP contribution in [0.5, 0.6) is 0 Å². The number of ether oxygens (including phenoxy) is 1. The molecule has 3 heteroatoms. The summed E-state index contributed by atoms with van der Waals surface area (Å²) < 4.78 is 4.64. The van der Waals surface area contributed by atoms with Gasteiger partial charge in [-0.25, -0.2) is 0 Å². The van der Waals surface area contributed by atoms with Gasteiger partial charge >= 0.3 is 5.97 Å². The van der Waals surface area contributed by atoms with Crippen LogP contribution in [-0.4, -0.2) is 18.9 Å². The summed E-state index contributed by atoms with van der Waals surface area (Å²) >= 11 is 0. The SMILES string of the molecule is CCCCC[C@H]1C(=O)CC[C@@H]1CCCCCCCC(=O)OC. The summed E-state index contributed by atoms with van der Waals surface area (Å²) in [5.74, 6) is 1.45. The molecule has 0 N–H and O–H groups in total. The number of carbonyl (C=O) groups is 2. The first kappa shape index (κ1) is 19.2. The molecule has 1 fully saturated rings. The third kappa shape index (κ3) is 7.42. The van der Waals surface area contributed by atoms with Crippen molar-refractivity contribution in [1.82, 2.24) is 0 Å². The van der Waals surface area contributed by atoms with Crippen molar-refractivity contribution in [3.63, 3.8) is 0 Å². The average Bonchev–Trinajstić information content (AvgIpc) is 2.87. The van der Waals surface area contributed by atoms with Crippen LogP contribution in [0.15, 0.2) is 0 Å². The molecule has 3 nitrogen and oxygen atoms in total. The predicted molar refractivity (Wildman–Crippen MR) is 89.7 cm³/mol. The molecule has 2 atom stereocenters. The molecular weight excluding hydrogens is 276 g/mol. The largest absolute Gasteiger partial charge is 0.469 e. The van der Waals surface area contributed by atoms with Crippen molar-refractivity contribution in [3.8, 4) is 0 Å². The minimum atomic E-state index is -0.0978. The third-order valence-corrected chi connectivity index (χ3v) is 5.05. The van der Waals surface area contributed by atoms with E-state index in [0.717, 1.165) is 32.1 Å². The Morgan fingerprint density at radius 3 is 2.45 bits per heavy atom. The van der Waals surface area contributed by atoms with Crippen molar-refractivity contribution in [3.05, 3.63) is 0 Å². The highest BCUT2D eigenvalue weighted by atomic mass is 16.5. The van der Waals surface area contributed by atoms with E-state index in [2.05, 4.69) is 11.7 Å². The van der Waals surface area contributed by atoms with E-state index in [0.29, 0.717) is 24.0 Å². The monoisotopic (exact) mass is 310 g/mol. The van der Waals surface area contributed by atoms with E-state index in [1.54, 1.807) is 0 Å². The molecule has 1 aliphatic carbocycles. The van der Waals surface area contributed by atoms with Crippen LogP contribution >= 0.6 is 0 Å². The van der Waals surface area contributed by atoms with Crippen molar-refractivity contribution in [2.75, 3.05) is 7.11 Å². The molecule has 1 rings (SSSR count). The van der Waals surface area contributed by atoms with Gasteiger partial charge in [0, 0.05) is 18.8 Å². The van der Waals surface area contributed by atoms with E-state index in [4.69, 9.17) is 0 Å². The Kier molecular flexibility index (Phi) is 10.2. The lowest BCUT2D eigenvalue weighted by Crippen LogP contribution is -2.14. The molecule has 128 valence electrons. The van der Waals surface area contributed by atoms with Crippen molar-refractivity contribution in [2.24, 2.45) is 11.8 Å². The lowest BCUT2D eigenvalue weighted by Gasteiger charge is -2.18. The zero-order chi connectivity index (χ0) is 16.2. The fourth-order valence-electron chi connectivity index (χ4n) is 3.64. The van der Waals surface area contributed by atoms with Gasteiger partial charge in [0.2, 0.25) is 0 Å². The average molecular weight is 310 g/mol. The predicted octanol–water partition coefficient (Wildman–Crippen LogP) is 5.07. The van der Waals surface area contributed by atoms with Gasteiger partial charge in [-0.05, 0) is 31.6 Å². The number of ketones is 1. The van der Waals surface area contributed by atoms with Gasteiger partial charge in [0.15, 0.2) is 0 Å². The molecule has 0 amide bonds. The van der Waals surface area contributed by atoms with Gasteiger partial charge < -0.3 is 4.74 Å². The van der Waals surface area contributed by atoms with Crippen molar-refractivity contribution in [2.45, 2.75) is 90.4 Å². The molecule has 0 heterocycles. The van der Waals surface area contributed by atoms with E-state index in [1.165, 1.54) is 52.1 Å². The maximum Gasteiger partial charge on any atom is 0.305 e. The Morgan fingerprint density at radius 1 is 1.05 bits per heavy atom. The second-order valence-corrected chi connectivity index (χ2v) is 6.75. The number of carbonyl (C=O) groups excluding carboxylic acids is 2. The first-order valence-corrected chi connectivity index (χ1v) is 9.28. The lowest BCUT2D eigenvalue weighted by molar-refractivity contribution is -0.140. The number of esters is 1. The van der Waals surface area contributed by atoms with Crippen molar-refractivity contribution in [1.29, 1.82) is 0 Å². The van der Waals surface area contributed by atoms with Crippen molar-refractivity contribution >= 4 is 11.8 Å². The summed E-state index contributed by atoms with van der Waals surface area (Å²) in [6, 6.07) is 0. The van der Waals surface area contributed by atoms with Gasteiger partial charge in [-0.2, -0.15) is 0 Å². The number of Topliss-reactive ketones (excluding diaryl/α,β-unsaturated/α-hetero) is 1. The summed E-state index contributed by atoms with van der Waals surface area (Å²) in [5.41, 5.74) is 0. The number of hydrogen-bond donors (Lipinski definition) is 0. The number of methoxy groups -OCH3 is 1. The molecule has 0 spiro atoms. The van der Waals surface area contributed by atoms with Gasteiger partial charge in [-0.3, -0.25) is 9.59 Å². The van der Waals surface area contributed by atoms with E-state index in [9.17, 15) is 9.59 Å². The highest BCUT2D eigenvalue weighted by Crippen LogP contribution is 2.36. The summed E-state index contributed by atoms with van der Waals surface area (Å²) in [7, 11) is 1.45. The third-order valence-electron chi connectivity index (χ3n) is 5.05. The Labute approximate surface area is 136 Å². The Hall–Kier alpha value is -0.860. The van der Waals surface area contributed by atoms with E-state index < -0.39 is 0 Å². The maximum atomic E-state index is 12.0. The molecule has 1 saturated carbocycles. The fraction of sp³-hybridized carbons (Fsp3) is 0.895. The minimum Gasteiger partial charge on any atom is -0.469 e. The Morgan fingerprint density at radius 2 is 1.73 bits per heavy atom. The fourth-order valence-corrected chi connectivity index (χ4v) is 3.64. The van der Waals surface area contributed by atoms with Crippen LogP contribution in [0.25, 0.3) is 0 Å². The molecule has 1 aliphatic rings. The molecule has 0 aromatic carbocycles. The number of rotatable bonds is 12. The molecular formula is C19H34O3. The van der Waals surface area contributed by atoms with E-state index in [-0.39, 0.29) is 5.97 Å². The summed E-state index contributed by atoms with van der Waals surface area (Å²) in [6.45, 7) is 2.22. The number of hydrogen-bond acceptors (Lipinski definition) is 3. The van der Waals surface area contributed by atoms with Crippen LogP contribution in [-0.2, 0) is 14.3 Å². The molecule has 0 unspecified atom stereocenters. The first-order chi connectivity index (χ1) is 10.7. The van der Waals surface area contributed by atoms with Crippen LogP contribution in [0.3, 0.4) is 0 Å². The number of unbranched alkanes of at least 4 members (excludes halogenated alkanes) is 6. The van der Waals surface area contributed by atoms with Crippen LogP contribution < -0.4 is 0 Å². The van der Waals surface area contributed by atoms with Crippen LogP contribution in [0.4, 0.5) is 0 Å². The quantitative estimate of drug-likeness (QED) is 0.373. The zero-order valence-electron chi connectivity index (χ0n) is 14.6. The Balaban J connectivity index is 2.07. The van der Waals surface area contributed by atoms with E-state index >= 15 is 0 Å². The molecule has 0 saturated heterocycles. The normalized spacial score (nSPS) is 21.3. The van der Waals surface area contributed by atoms with Gasteiger partial charge in [0.25, 0.3) is 0 Å². The van der Waals surface area contributed by atoms with Crippen LogP contribution in [0.2, 0.25) is 0 Å². The standard InChI is InChI=1S/C19H34O3/c1-3-4-8-12-17-16(14-15-18(17)20)11-9-6-5-7-10-13-19(21)22-2/h16-17H,3-15H2,1-2H3/t16-,17+/m0/s1. The highest BCUT2D eigenvalue weighted by molar-refractivity contribution is 5.83. The second-order valence-electron chi connectivity index (χ2n) is 6.75. The van der Waals surface area contributed by atoms with Crippen LogP contribution in [0.1, 0.15) is 90.4 Å². The smallest absolute Gasteiger partial charge is 0.305 e. The summed E-state index contributed by atoms with van der Waals surface area (Å²) in [5, 5.41) is 0. The van der Waals surface area contributed by atoms with Gasteiger partial charge in [0.1, 0.15) is 5.78 Å². The summed E-state index contributed by atoms with van der Waals surface area (Å²) in [6.07, 6.45) is 14.3. The van der Waals surface area contributed by atoms with Gasteiger partial charge in [-0.15, -0.1) is 0 Å². The first-order valence-electron chi connectivity index (χ1n) is 9.28. The maximum absolute atomic E-state index is 12.0. The zero-order valence-corrected chi connectivity index (χ0v) is 14.6. The molecule has 0 aromatic heterocycles. The molecule has 0 aliphatic heterocycles. The highest BCUT2D eigenvalue weighted by Gasteiger charge is 2.33. The minimum absolute atomic E-state index is 0.0978. The molecule has 0 radical (unpaired) electrons. The van der Waals surface area contributed by atoms with Gasteiger partial charge in [-0.1, -0.05) is 51.9 Å². The van der Waals surface area contributed by atoms with Crippen LogP contribution in [0, 0.1) is 11.8 Å². The Bertz CT molecular complexity index is 325. The molecule has 22 heavy (non-hydrogen) atoms.